The average molecular weight is 340 g/mol. The molecule has 1 atom stereocenters. The van der Waals surface area contributed by atoms with Crippen molar-refractivity contribution >= 4 is 16.9 Å². The van der Waals surface area contributed by atoms with Crippen LogP contribution in [0.25, 0.3) is 11.0 Å². The Kier molecular flexibility index (Phi) is 4.57. The van der Waals surface area contributed by atoms with Crippen LogP contribution in [0.4, 0.5) is 0 Å². The molecule has 0 bridgehead atoms. The van der Waals surface area contributed by atoms with Crippen LogP contribution >= 0.6 is 0 Å². The van der Waals surface area contributed by atoms with E-state index in [1.165, 1.54) is 0 Å². The molecule has 0 fully saturated rings. The molecule has 1 unspecified atom stereocenters. The van der Waals surface area contributed by atoms with Gasteiger partial charge >= 0.3 is 0 Å². The van der Waals surface area contributed by atoms with Crippen molar-refractivity contribution in [3.05, 3.63) is 42.0 Å². The zero-order chi connectivity index (χ0) is 18.1. The molecule has 1 N–H and O–H groups in total. The molecule has 7 nitrogen and oxygen atoms in total. The van der Waals surface area contributed by atoms with Gasteiger partial charge in [-0.1, -0.05) is 13.8 Å². The van der Waals surface area contributed by atoms with Crippen molar-refractivity contribution < 1.29 is 4.79 Å². The second-order valence-corrected chi connectivity index (χ2v) is 6.96. The molecule has 0 saturated heterocycles. The van der Waals surface area contributed by atoms with E-state index in [4.69, 9.17) is 0 Å². The van der Waals surface area contributed by atoms with Gasteiger partial charge in [0.25, 0.3) is 5.91 Å². The number of carbonyl (C=O) groups is 1. The number of amides is 1. The van der Waals surface area contributed by atoms with Gasteiger partial charge in [-0.3, -0.25) is 9.48 Å². The van der Waals surface area contributed by atoms with E-state index in [1.54, 1.807) is 23.3 Å². The number of nitrogens with zero attached hydrogens (tertiary/aromatic N) is 5. The second kappa shape index (κ2) is 6.66. The van der Waals surface area contributed by atoms with Gasteiger partial charge < -0.3 is 5.32 Å². The summed E-state index contributed by atoms with van der Waals surface area (Å²) in [7, 11) is 1.87. The Balaban J connectivity index is 1.85. The van der Waals surface area contributed by atoms with Gasteiger partial charge in [-0.25, -0.2) is 9.67 Å². The summed E-state index contributed by atoms with van der Waals surface area (Å²) >= 11 is 0. The maximum absolute atomic E-state index is 12.7. The molecule has 0 aromatic carbocycles. The summed E-state index contributed by atoms with van der Waals surface area (Å²) < 4.78 is 3.59. The molecule has 0 aliphatic heterocycles. The lowest BCUT2D eigenvalue weighted by Crippen LogP contribution is -2.31. The van der Waals surface area contributed by atoms with Crippen LogP contribution in [0.3, 0.4) is 0 Å². The van der Waals surface area contributed by atoms with Gasteiger partial charge in [0.2, 0.25) is 0 Å². The molecule has 0 aliphatic rings. The molecule has 7 heteroatoms. The largest absolute Gasteiger partial charge is 0.345 e. The number of carbonyl (C=O) groups excluding carboxylic acids is 1. The molecule has 0 aliphatic carbocycles. The average Bonchev–Trinajstić information content (AvgIpc) is 3.17. The third-order valence-electron chi connectivity index (χ3n) is 4.22. The minimum Gasteiger partial charge on any atom is -0.345 e. The van der Waals surface area contributed by atoms with Crippen molar-refractivity contribution in [2.24, 2.45) is 13.0 Å². The van der Waals surface area contributed by atoms with E-state index in [0.717, 1.165) is 16.6 Å². The van der Waals surface area contributed by atoms with Crippen LogP contribution in [-0.2, 0) is 7.05 Å². The lowest BCUT2D eigenvalue weighted by Gasteiger charge is -2.21. The molecule has 3 aromatic rings. The highest BCUT2D eigenvalue weighted by molar-refractivity contribution is 5.97. The molecule has 0 saturated carbocycles. The van der Waals surface area contributed by atoms with Crippen LogP contribution in [0.2, 0.25) is 0 Å². The van der Waals surface area contributed by atoms with E-state index in [-0.39, 0.29) is 23.9 Å². The Morgan fingerprint density at radius 2 is 1.88 bits per heavy atom. The van der Waals surface area contributed by atoms with E-state index in [9.17, 15) is 4.79 Å². The highest BCUT2D eigenvalue weighted by atomic mass is 16.1. The minimum absolute atomic E-state index is 0.102. The summed E-state index contributed by atoms with van der Waals surface area (Å²) in [6, 6.07) is 1.96. The van der Waals surface area contributed by atoms with Crippen molar-refractivity contribution in [3.63, 3.8) is 0 Å². The summed E-state index contributed by atoms with van der Waals surface area (Å²) in [5, 5.41) is 12.5. The number of rotatable bonds is 5. The van der Waals surface area contributed by atoms with Crippen LogP contribution in [0.5, 0.6) is 0 Å². The van der Waals surface area contributed by atoms with E-state index in [2.05, 4.69) is 48.2 Å². The van der Waals surface area contributed by atoms with Gasteiger partial charge in [-0.05, 0) is 25.8 Å². The van der Waals surface area contributed by atoms with Gasteiger partial charge in [-0.2, -0.15) is 10.2 Å². The molecule has 3 rings (SSSR count). The minimum atomic E-state index is -0.144. The summed E-state index contributed by atoms with van der Waals surface area (Å²) in [5.41, 5.74) is 2.32. The number of hydrogen-bond acceptors (Lipinski definition) is 4. The van der Waals surface area contributed by atoms with Crippen molar-refractivity contribution in [1.29, 1.82) is 0 Å². The van der Waals surface area contributed by atoms with E-state index in [1.807, 2.05) is 24.0 Å². The summed E-state index contributed by atoms with van der Waals surface area (Å²) in [6.45, 7) is 8.25. The smallest absolute Gasteiger partial charge is 0.253 e. The van der Waals surface area contributed by atoms with Gasteiger partial charge in [0.1, 0.15) is 0 Å². The lowest BCUT2D eigenvalue weighted by molar-refractivity contribution is 0.0925. The Morgan fingerprint density at radius 3 is 2.48 bits per heavy atom. The Hall–Kier alpha value is -2.70. The molecule has 0 radical (unpaired) electrons. The summed E-state index contributed by atoms with van der Waals surface area (Å²) in [4.78, 5) is 17.2. The number of hydrogen-bond donors (Lipinski definition) is 1. The molecule has 25 heavy (non-hydrogen) atoms. The topological polar surface area (TPSA) is 77.6 Å². The fourth-order valence-electron chi connectivity index (χ4n) is 2.90. The van der Waals surface area contributed by atoms with Gasteiger partial charge in [0.05, 0.1) is 24.0 Å². The quantitative estimate of drug-likeness (QED) is 0.775. The van der Waals surface area contributed by atoms with Gasteiger partial charge in [0.15, 0.2) is 5.65 Å². The van der Waals surface area contributed by atoms with Crippen LogP contribution in [0.1, 0.15) is 55.7 Å². The number of pyridine rings is 1. The van der Waals surface area contributed by atoms with Gasteiger partial charge in [-0.15, -0.1) is 0 Å². The third-order valence-corrected chi connectivity index (χ3v) is 4.22. The SMILES string of the molecule is CC(C)C(NC(=O)c1cnc2c(cnn2C(C)C)c1)c1cnn(C)c1. The monoisotopic (exact) mass is 340 g/mol. The zero-order valence-corrected chi connectivity index (χ0v) is 15.3. The van der Waals surface area contributed by atoms with Crippen LogP contribution in [-0.4, -0.2) is 30.5 Å². The molecule has 1 amide bonds. The van der Waals surface area contributed by atoms with Crippen LogP contribution in [0, 0.1) is 5.92 Å². The Morgan fingerprint density at radius 1 is 1.12 bits per heavy atom. The number of aromatic nitrogens is 5. The fraction of sp³-hybridized carbons (Fsp3) is 0.444. The van der Waals surface area contributed by atoms with Crippen LogP contribution in [0.15, 0.2) is 30.9 Å². The Labute approximate surface area is 147 Å². The maximum atomic E-state index is 12.7. The first-order valence-electron chi connectivity index (χ1n) is 8.49. The van der Waals surface area contributed by atoms with Crippen molar-refractivity contribution in [1.82, 2.24) is 29.9 Å². The molecule has 3 aromatic heterocycles. The standard InChI is InChI=1S/C18H24N6O/c1-11(2)16(15-9-20-23(5)10-15)22-18(25)14-6-13-8-21-24(12(3)4)17(13)19-7-14/h6-12,16H,1-5H3,(H,22,25). The first kappa shape index (κ1) is 17.1. The molecule has 132 valence electrons. The highest BCUT2D eigenvalue weighted by Crippen LogP contribution is 2.22. The van der Waals surface area contributed by atoms with E-state index < -0.39 is 0 Å². The predicted molar refractivity (Wildman–Crippen MR) is 96.2 cm³/mol. The first-order valence-corrected chi connectivity index (χ1v) is 8.49. The molecular weight excluding hydrogens is 316 g/mol. The van der Waals surface area contributed by atoms with E-state index >= 15 is 0 Å². The summed E-state index contributed by atoms with van der Waals surface area (Å²) in [5.74, 6) is 0.0998. The first-order chi connectivity index (χ1) is 11.9. The van der Waals surface area contributed by atoms with Gasteiger partial charge in [0, 0.05) is 36.4 Å². The van der Waals surface area contributed by atoms with Crippen molar-refractivity contribution in [2.45, 2.75) is 39.8 Å². The fourth-order valence-corrected chi connectivity index (χ4v) is 2.90. The molecule has 0 spiro atoms. The maximum Gasteiger partial charge on any atom is 0.253 e. The Bertz CT molecular complexity index is 892. The predicted octanol–water partition coefficient (Wildman–Crippen LogP) is 2.87. The highest BCUT2D eigenvalue weighted by Gasteiger charge is 2.21. The number of nitrogens with one attached hydrogen (secondary N) is 1. The molecule has 3 heterocycles. The normalized spacial score (nSPS) is 12.9. The van der Waals surface area contributed by atoms with Crippen molar-refractivity contribution in [2.75, 3.05) is 0 Å². The van der Waals surface area contributed by atoms with E-state index in [0.29, 0.717) is 5.56 Å². The number of aryl methyl sites for hydroxylation is 1. The second-order valence-electron chi connectivity index (χ2n) is 6.96. The zero-order valence-electron chi connectivity index (χ0n) is 15.3. The van der Waals surface area contributed by atoms with Crippen LogP contribution < -0.4 is 5.32 Å². The number of fused-ring (bicyclic) bond motifs is 1. The molecular formula is C18H24N6O. The van der Waals surface area contributed by atoms with Crippen molar-refractivity contribution in [3.8, 4) is 0 Å². The lowest BCUT2D eigenvalue weighted by atomic mass is 9.98. The summed E-state index contributed by atoms with van der Waals surface area (Å²) in [6.07, 6.45) is 7.08. The third kappa shape index (κ3) is 3.40.